The molecule has 2 aromatic carbocycles. The van der Waals surface area contributed by atoms with Crippen molar-refractivity contribution in [3.63, 3.8) is 0 Å². The number of halogens is 1. The van der Waals surface area contributed by atoms with Crippen molar-refractivity contribution in [2.45, 2.75) is 13.3 Å². The molecule has 0 radical (unpaired) electrons. The minimum atomic E-state index is -0.531. The summed E-state index contributed by atoms with van der Waals surface area (Å²) in [6.07, 6.45) is 0.0921. The molecule has 7 heteroatoms. The highest BCUT2D eigenvalue weighted by molar-refractivity contribution is 6.30. The highest BCUT2D eigenvalue weighted by Gasteiger charge is 2.35. The molecule has 3 rings (SSSR count). The maximum Gasteiger partial charge on any atom is 0.269 e. The molecule has 26 heavy (non-hydrogen) atoms. The van der Waals surface area contributed by atoms with Crippen LogP contribution in [0.15, 0.2) is 48.5 Å². The van der Waals surface area contributed by atoms with Crippen LogP contribution in [0.4, 0.5) is 5.69 Å². The predicted molar refractivity (Wildman–Crippen MR) is 98.7 cm³/mol. The van der Waals surface area contributed by atoms with Crippen molar-refractivity contribution in [2.24, 2.45) is 5.92 Å². The summed E-state index contributed by atoms with van der Waals surface area (Å²) in [7, 11) is 0. The number of anilines is 1. The number of hydrazine groups is 1. The molecule has 1 aliphatic rings. The third-order valence-corrected chi connectivity index (χ3v) is 4.50. The molecule has 0 aromatic heterocycles. The van der Waals surface area contributed by atoms with E-state index < -0.39 is 17.7 Å². The molecule has 2 N–H and O–H groups in total. The van der Waals surface area contributed by atoms with Crippen LogP contribution in [0.3, 0.4) is 0 Å². The van der Waals surface area contributed by atoms with E-state index in [9.17, 15) is 14.4 Å². The van der Waals surface area contributed by atoms with Crippen molar-refractivity contribution < 1.29 is 14.4 Å². The van der Waals surface area contributed by atoms with Gasteiger partial charge < -0.3 is 4.90 Å². The fraction of sp³-hybridized carbons (Fsp3) is 0.211. The summed E-state index contributed by atoms with van der Waals surface area (Å²) >= 11 is 5.86. The zero-order chi connectivity index (χ0) is 18.7. The van der Waals surface area contributed by atoms with E-state index in [1.807, 2.05) is 19.1 Å². The lowest BCUT2D eigenvalue weighted by Crippen LogP contribution is -2.45. The minimum absolute atomic E-state index is 0.0921. The zero-order valence-corrected chi connectivity index (χ0v) is 14.9. The van der Waals surface area contributed by atoms with E-state index in [2.05, 4.69) is 10.9 Å². The van der Waals surface area contributed by atoms with Gasteiger partial charge in [0.1, 0.15) is 0 Å². The van der Waals surface area contributed by atoms with Crippen molar-refractivity contribution in [1.29, 1.82) is 0 Å². The Morgan fingerprint density at radius 1 is 1.04 bits per heavy atom. The van der Waals surface area contributed by atoms with E-state index in [-0.39, 0.29) is 18.9 Å². The van der Waals surface area contributed by atoms with Gasteiger partial charge in [-0.2, -0.15) is 0 Å². The van der Waals surface area contributed by atoms with Crippen LogP contribution in [-0.2, 0) is 9.59 Å². The number of nitrogens with zero attached hydrogens (tertiary/aromatic N) is 1. The van der Waals surface area contributed by atoms with E-state index in [1.54, 1.807) is 41.3 Å². The van der Waals surface area contributed by atoms with Gasteiger partial charge in [0.25, 0.3) is 5.91 Å². The molecule has 0 saturated carbocycles. The SMILES string of the molecule is Cc1ccc(C(=O)NNC(=O)[C@@H]2CC(=O)N(c3ccc(Cl)cc3)C2)cc1. The van der Waals surface area contributed by atoms with Crippen LogP contribution in [0.25, 0.3) is 0 Å². The van der Waals surface area contributed by atoms with Gasteiger partial charge in [-0.05, 0) is 43.3 Å². The Morgan fingerprint density at radius 2 is 1.69 bits per heavy atom. The third-order valence-electron chi connectivity index (χ3n) is 4.25. The number of carbonyl (C=O) groups excluding carboxylic acids is 3. The summed E-state index contributed by atoms with van der Waals surface area (Å²) in [5, 5.41) is 0.577. The summed E-state index contributed by atoms with van der Waals surface area (Å²) in [6.45, 7) is 2.18. The molecule has 1 atom stereocenters. The second-order valence-electron chi connectivity index (χ2n) is 6.19. The van der Waals surface area contributed by atoms with Crippen molar-refractivity contribution in [2.75, 3.05) is 11.4 Å². The maximum atomic E-state index is 12.3. The van der Waals surface area contributed by atoms with Gasteiger partial charge in [-0.3, -0.25) is 25.2 Å². The Hall–Kier alpha value is -2.86. The molecule has 1 fully saturated rings. The standard InChI is InChI=1S/C19H18ClN3O3/c1-12-2-4-13(5-3-12)18(25)21-22-19(26)14-10-17(24)23(11-14)16-8-6-15(20)7-9-16/h2-9,14H,10-11H2,1H3,(H,21,25)(H,22,26)/t14-/m1/s1. The fourth-order valence-electron chi connectivity index (χ4n) is 2.75. The molecule has 0 unspecified atom stereocenters. The van der Waals surface area contributed by atoms with Crippen LogP contribution in [0.2, 0.25) is 5.02 Å². The quantitative estimate of drug-likeness (QED) is 0.813. The lowest BCUT2D eigenvalue weighted by Gasteiger charge is -2.17. The largest absolute Gasteiger partial charge is 0.312 e. The topological polar surface area (TPSA) is 78.5 Å². The number of hydrogen-bond acceptors (Lipinski definition) is 3. The summed E-state index contributed by atoms with van der Waals surface area (Å²) in [4.78, 5) is 38.1. The highest BCUT2D eigenvalue weighted by Crippen LogP contribution is 2.26. The third kappa shape index (κ3) is 4.03. The van der Waals surface area contributed by atoms with Gasteiger partial charge in [0.2, 0.25) is 11.8 Å². The van der Waals surface area contributed by atoms with Crippen LogP contribution in [0.5, 0.6) is 0 Å². The van der Waals surface area contributed by atoms with Gasteiger partial charge in [0.05, 0.1) is 5.92 Å². The first-order valence-corrected chi connectivity index (χ1v) is 8.54. The molecule has 0 bridgehead atoms. The summed E-state index contributed by atoms with van der Waals surface area (Å²) < 4.78 is 0. The number of carbonyl (C=O) groups is 3. The Bertz CT molecular complexity index is 834. The van der Waals surface area contributed by atoms with Crippen LogP contribution in [0.1, 0.15) is 22.3 Å². The monoisotopic (exact) mass is 371 g/mol. The van der Waals surface area contributed by atoms with Gasteiger partial charge in [0.15, 0.2) is 0 Å². The van der Waals surface area contributed by atoms with Gasteiger partial charge in [-0.25, -0.2) is 0 Å². The van der Waals surface area contributed by atoms with Crippen molar-refractivity contribution in [3.05, 3.63) is 64.7 Å². The average molecular weight is 372 g/mol. The number of aryl methyl sites for hydroxylation is 1. The molecule has 2 aromatic rings. The van der Waals surface area contributed by atoms with Gasteiger partial charge >= 0.3 is 0 Å². The van der Waals surface area contributed by atoms with E-state index in [1.165, 1.54) is 0 Å². The predicted octanol–water partition coefficient (Wildman–Crippen LogP) is 2.46. The van der Waals surface area contributed by atoms with E-state index in [0.29, 0.717) is 16.3 Å². The molecule has 6 nitrogen and oxygen atoms in total. The van der Waals surface area contributed by atoms with Gasteiger partial charge in [0, 0.05) is 29.2 Å². The average Bonchev–Trinajstić information content (AvgIpc) is 3.02. The maximum absolute atomic E-state index is 12.3. The van der Waals surface area contributed by atoms with Crippen molar-refractivity contribution >= 4 is 35.0 Å². The number of rotatable bonds is 3. The lowest BCUT2D eigenvalue weighted by atomic mass is 10.1. The summed E-state index contributed by atoms with van der Waals surface area (Å²) in [5.74, 6) is -1.47. The summed E-state index contributed by atoms with van der Waals surface area (Å²) in [6, 6.07) is 13.8. The number of hydrogen-bond donors (Lipinski definition) is 2. The Labute approximate surface area is 156 Å². The second-order valence-corrected chi connectivity index (χ2v) is 6.63. The minimum Gasteiger partial charge on any atom is -0.312 e. The van der Waals surface area contributed by atoms with Crippen molar-refractivity contribution in [3.8, 4) is 0 Å². The van der Waals surface area contributed by atoms with Crippen molar-refractivity contribution in [1.82, 2.24) is 10.9 Å². The second kappa shape index (κ2) is 7.58. The molecular formula is C19H18ClN3O3. The molecule has 3 amide bonds. The molecule has 134 valence electrons. The lowest BCUT2D eigenvalue weighted by molar-refractivity contribution is -0.126. The number of nitrogens with one attached hydrogen (secondary N) is 2. The van der Waals surface area contributed by atoms with Crippen LogP contribution in [-0.4, -0.2) is 24.3 Å². The van der Waals surface area contributed by atoms with E-state index in [0.717, 1.165) is 5.56 Å². The van der Waals surface area contributed by atoms with E-state index >= 15 is 0 Å². The van der Waals surface area contributed by atoms with Gasteiger partial charge in [-0.1, -0.05) is 29.3 Å². The Morgan fingerprint density at radius 3 is 2.35 bits per heavy atom. The highest BCUT2D eigenvalue weighted by atomic mass is 35.5. The molecule has 1 heterocycles. The van der Waals surface area contributed by atoms with Crippen LogP contribution >= 0.6 is 11.6 Å². The molecule has 0 aliphatic carbocycles. The normalized spacial score (nSPS) is 16.5. The molecular weight excluding hydrogens is 354 g/mol. The number of benzene rings is 2. The smallest absolute Gasteiger partial charge is 0.269 e. The van der Waals surface area contributed by atoms with Crippen LogP contribution < -0.4 is 15.8 Å². The fourth-order valence-corrected chi connectivity index (χ4v) is 2.88. The Kier molecular flexibility index (Phi) is 5.23. The molecule has 0 spiro atoms. The Balaban J connectivity index is 1.57. The van der Waals surface area contributed by atoms with Gasteiger partial charge in [-0.15, -0.1) is 0 Å². The molecule has 1 aliphatic heterocycles. The molecule has 1 saturated heterocycles. The first-order valence-electron chi connectivity index (χ1n) is 8.17. The zero-order valence-electron chi connectivity index (χ0n) is 14.2. The first-order chi connectivity index (χ1) is 12.4. The van der Waals surface area contributed by atoms with E-state index in [4.69, 9.17) is 11.6 Å². The first kappa shape index (κ1) is 17.9. The number of amides is 3. The van der Waals surface area contributed by atoms with Crippen LogP contribution in [0, 0.1) is 12.8 Å². The summed E-state index contributed by atoms with van der Waals surface area (Å²) in [5.41, 5.74) is 6.96.